The van der Waals surface area contributed by atoms with Gasteiger partial charge in [0.05, 0.1) is 18.8 Å². The van der Waals surface area contributed by atoms with Gasteiger partial charge in [0.1, 0.15) is 17.4 Å². The van der Waals surface area contributed by atoms with Crippen LogP contribution in [0.4, 0.5) is 25.0 Å². The van der Waals surface area contributed by atoms with Crippen molar-refractivity contribution in [1.29, 1.82) is 0 Å². The standard InChI is InChI=1S/C18H17F2N3O3/c1-26-14-5-3-13(4-6-14)23-10-12(9-17(23)24)21-18(25)22-16-7-2-11(19)8-15(16)20/h2-8,12H,9-10H2,1H3,(H2,21,22,25). The predicted molar refractivity (Wildman–Crippen MR) is 92.3 cm³/mol. The monoisotopic (exact) mass is 361 g/mol. The largest absolute Gasteiger partial charge is 0.497 e. The van der Waals surface area contributed by atoms with Gasteiger partial charge in [0.25, 0.3) is 0 Å². The molecule has 0 saturated carbocycles. The predicted octanol–water partition coefficient (Wildman–Crippen LogP) is 2.90. The van der Waals surface area contributed by atoms with Crippen LogP contribution in [0, 0.1) is 11.6 Å². The lowest BCUT2D eigenvalue weighted by Crippen LogP contribution is -2.39. The van der Waals surface area contributed by atoms with Gasteiger partial charge in [-0.15, -0.1) is 0 Å². The minimum absolute atomic E-state index is 0.130. The normalized spacial score (nSPS) is 16.5. The summed E-state index contributed by atoms with van der Waals surface area (Å²) in [5.41, 5.74) is 0.560. The molecule has 1 heterocycles. The molecule has 1 aliphatic heterocycles. The Morgan fingerprint density at radius 3 is 2.58 bits per heavy atom. The van der Waals surface area contributed by atoms with Gasteiger partial charge in [-0.3, -0.25) is 4.79 Å². The van der Waals surface area contributed by atoms with E-state index in [1.807, 2.05) is 0 Å². The molecule has 1 atom stereocenters. The van der Waals surface area contributed by atoms with Crippen LogP contribution >= 0.6 is 0 Å². The number of nitrogens with zero attached hydrogens (tertiary/aromatic N) is 1. The molecule has 0 aromatic heterocycles. The SMILES string of the molecule is COc1ccc(N2CC(NC(=O)Nc3ccc(F)cc3F)CC2=O)cc1. The summed E-state index contributed by atoms with van der Waals surface area (Å²) < 4.78 is 31.5. The molecule has 2 aromatic rings. The quantitative estimate of drug-likeness (QED) is 0.880. The van der Waals surface area contributed by atoms with E-state index in [0.717, 1.165) is 12.1 Å². The number of benzene rings is 2. The van der Waals surface area contributed by atoms with Crippen molar-refractivity contribution in [3.05, 3.63) is 54.1 Å². The maximum absolute atomic E-state index is 13.6. The molecule has 2 N–H and O–H groups in total. The van der Waals surface area contributed by atoms with Crippen molar-refractivity contribution in [3.8, 4) is 5.75 Å². The first kappa shape index (κ1) is 17.7. The average molecular weight is 361 g/mol. The Bertz CT molecular complexity index is 827. The number of rotatable bonds is 4. The molecule has 0 aliphatic carbocycles. The maximum Gasteiger partial charge on any atom is 0.319 e. The molecule has 3 amide bonds. The summed E-state index contributed by atoms with van der Waals surface area (Å²) in [6.45, 7) is 0.296. The third kappa shape index (κ3) is 3.90. The molecule has 6 nitrogen and oxygen atoms in total. The number of ether oxygens (including phenoxy) is 1. The van der Waals surface area contributed by atoms with Crippen LogP contribution in [0.2, 0.25) is 0 Å². The molecule has 1 fully saturated rings. The number of carbonyl (C=O) groups excluding carboxylic acids is 2. The minimum atomic E-state index is -0.873. The van der Waals surface area contributed by atoms with E-state index in [2.05, 4.69) is 10.6 Å². The van der Waals surface area contributed by atoms with Crippen molar-refractivity contribution in [1.82, 2.24) is 5.32 Å². The van der Waals surface area contributed by atoms with Gasteiger partial charge in [0, 0.05) is 24.7 Å². The Morgan fingerprint density at radius 1 is 1.19 bits per heavy atom. The molecule has 3 rings (SSSR count). The molecule has 1 aliphatic rings. The van der Waals surface area contributed by atoms with Gasteiger partial charge in [-0.2, -0.15) is 0 Å². The maximum atomic E-state index is 13.6. The number of urea groups is 1. The van der Waals surface area contributed by atoms with Crippen LogP contribution in [0.3, 0.4) is 0 Å². The second-order valence-corrected chi connectivity index (χ2v) is 5.83. The Labute approximate surface area is 148 Å². The molecule has 26 heavy (non-hydrogen) atoms. The van der Waals surface area contributed by atoms with Crippen LogP contribution in [0.25, 0.3) is 0 Å². The van der Waals surface area contributed by atoms with Crippen molar-refractivity contribution in [2.24, 2.45) is 0 Å². The topological polar surface area (TPSA) is 70.7 Å². The molecule has 0 radical (unpaired) electrons. The molecule has 1 saturated heterocycles. The molecule has 1 unspecified atom stereocenters. The van der Waals surface area contributed by atoms with Crippen molar-refractivity contribution in [2.75, 3.05) is 23.9 Å². The zero-order valence-corrected chi connectivity index (χ0v) is 14.0. The van der Waals surface area contributed by atoms with E-state index in [-0.39, 0.29) is 18.0 Å². The zero-order valence-electron chi connectivity index (χ0n) is 14.0. The molecular formula is C18H17F2N3O3. The van der Waals surface area contributed by atoms with Crippen LogP contribution in [0.15, 0.2) is 42.5 Å². The molecule has 136 valence electrons. The molecule has 0 bridgehead atoms. The summed E-state index contributed by atoms with van der Waals surface area (Å²) in [5, 5.41) is 4.93. The lowest BCUT2D eigenvalue weighted by molar-refractivity contribution is -0.117. The fourth-order valence-corrected chi connectivity index (χ4v) is 2.75. The summed E-state index contributed by atoms with van der Waals surface area (Å²) in [6, 6.07) is 8.77. The van der Waals surface area contributed by atoms with Gasteiger partial charge in [0.2, 0.25) is 5.91 Å². The molecular weight excluding hydrogens is 344 g/mol. The first-order valence-electron chi connectivity index (χ1n) is 7.93. The van der Waals surface area contributed by atoms with Gasteiger partial charge < -0.3 is 20.3 Å². The number of hydrogen-bond donors (Lipinski definition) is 2. The van der Waals surface area contributed by atoms with E-state index in [0.29, 0.717) is 24.0 Å². The first-order valence-corrected chi connectivity index (χ1v) is 7.93. The zero-order chi connectivity index (χ0) is 18.7. The Morgan fingerprint density at radius 2 is 1.92 bits per heavy atom. The summed E-state index contributed by atoms with van der Waals surface area (Å²) in [5.74, 6) is -1.06. The van der Waals surface area contributed by atoms with E-state index in [1.165, 1.54) is 0 Å². The Balaban J connectivity index is 1.60. The van der Waals surface area contributed by atoms with Gasteiger partial charge in [-0.05, 0) is 36.4 Å². The lowest BCUT2D eigenvalue weighted by Gasteiger charge is -2.18. The van der Waals surface area contributed by atoms with Crippen LogP contribution in [0.1, 0.15) is 6.42 Å². The molecule has 8 heteroatoms. The van der Waals surface area contributed by atoms with Crippen LogP contribution < -0.4 is 20.3 Å². The van der Waals surface area contributed by atoms with E-state index in [4.69, 9.17) is 4.74 Å². The van der Waals surface area contributed by atoms with Crippen molar-refractivity contribution >= 4 is 23.3 Å². The number of anilines is 2. The van der Waals surface area contributed by atoms with Crippen LogP contribution in [0.5, 0.6) is 5.75 Å². The van der Waals surface area contributed by atoms with Crippen molar-refractivity contribution < 1.29 is 23.1 Å². The summed E-state index contributed by atoms with van der Waals surface area (Å²) in [7, 11) is 1.55. The number of carbonyl (C=O) groups is 2. The van der Waals surface area contributed by atoms with Gasteiger partial charge in [-0.25, -0.2) is 13.6 Å². The van der Waals surface area contributed by atoms with Gasteiger partial charge >= 0.3 is 6.03 Å². The smallest absolute Gasteiger partial charge is 0.319 e. The van der Waals surface area contributed by atoms with E-state index in [1.54, 1.807) is 36.3 Å². The minimum Gasteiger partial charge on any atom is -0.497 e. The second kappa shape index (κ2) is 7.38. The number of amides is 3. The highest BCUT2D eigenvalue weighted by Crippen LogP contribution is 2.24. The third-order valence-corrected chi connectivity index (χ3v) is 4.02. The summed E-state index contributed by atoms with van der Waals surface area (Å²) in [6.07, 6.45) is 0.130. The highest BCUT2D eigenvalue weighted by Gasteiger charge is 2.31. The Kier molecular flexibility index (Phi) is 5.01. The Hall–Kier alpha value is -3.16. The average Bonchev–Trinajstić information content (AvgIpc) is 2.97. The number of nitrogens with one attached hydrogen (secondary N) is 2. The van der Waals surface area contributed by atoms with E-state index < -0.39 is 23.7 Å². The highest BCUT2D eigenvalue weighted by atomic mass is 19.1. The first-order chi connectivity index (χ1) is 12.5. The van der Waals surface area contributed by atoms with Crippen molar-refractivity contribution in [2.45, 2.75) is 12.5 Å². The molecule has 0 spiro atoms. The van der Waals surface area contributed by atoms with Gasteiger partial charge in [-0.1, -0.05) is 0 Å². The third-order valence-electron chi connectivity index (χ3n) is 4.02. The second-order valence-electron chi connectivity index (χ2n) is 5.83. The fraction of sp³-hybridized carbons (Fsp3) is 0.222. The number of halogens is 2. The number of hydrogen-bond acceptors (Lipinski definition) is 3. The van der Waals surface area contributed by atoms with E-state index >= 15 is 0 Å². The number of methoxy groups -OCH3 is 1. The van der Waals surface area contributed by atoms with E-state index in [9.17, 15) is 18.4 Å². The van der Waals surface area contributed by atoms with Crippen LogP contribution in [-0.4, -0.2) is 31.6 Å². The lowest BCUT2D eigenvalue weighted by atomic mass is 10.2. The highest BCUT2D eigenvalue weighted by molar-refractivity contribution is 5.97. The van der Waals surface area contributed by atoms with Gasteiger partial charge in [0.15, 0.2) is 0 Å². The molecule has 2 aromatic carbocycles. The fourth-order valence-electron chi connectivity index (χ4n) is 2.75. The summed E-state index contributed by atoms with van der Waals surface area (Å²) >= 11 is 0. The summed E-state index contributed by atoms with van der Waals surface area (Å²) in [4.78, 5) is 25.8. The van der Waals surface area contributed by atoms with Crippen LogP contribution in [-0.2, 0) is 4.79 Å². The van der Waals surface area contributed by atoms with Crippen molar-refractivity contribution in [3.63, 3.8) is 0 Å².